The van der Waals surface area contributed by atoms with Crippen molar-refractivity contribution in [3.8, 4) is 0 Å². The van der Waals surface area contributed by atoms with E-state index < -0.39 is 0 Å². The summed E-state index contributed by atoms with van der Waals surface area (Å²) in [6.07, 6.45) is 2.19. The molecular weight excluding hydrogens is 252 g/mol. The molecule has 1 aliphatic carbocycles. The van der Waals surface area contributed by atoms with Crippen LogP contribution in [0.15, 0.2) is 9.59 Å². The summed E-state index contributed by atoms with van der Waals surface area (Å²) < 4.78 is 4.84. The molecule has 18 heavy (non-hydrogen) atoms. The zero-order valence-corrected chi connectivity index (χ0v) is 11.1. The Morgan fingerprint density at radius 2 is 1.94 bits per heavy atom. The van der Waals surface area contributed by atoms with E-state index in [4.69, 9.17) is 12.2 Å². The van der Waals surface area contributed by atoms with E-state index in [1.165, 1.54) is 9.13 Å². The van der Waals surface area contributed by atoms with Gasteiger partial charge in [-0.05, 0) is 31.0 Å². The molecule has 0 aliphatic heterocycles. The molecule has 2 aromatic heterocycles. The number of H-pyrrole nitrogens is 1. The van der Waals surface area contributed by atoms with Crippen LogP contribution in [0.4, 0.5) is 0 Å². The summed E-state index contributed by atoms with van der Waals surface area (Å²) in [5, 5.41) is 0. The molecule has 0 bridgehead atoms. The third-order valence-corrected chi connectivity index (χ3v) is 3.90. The predicted molar refractivity (Wildman–Crippen MR) is 70.3 cm³/mol. The van der Waals surface area contributed by atoms with Gasteiger partial charge in [0.15, 0.2) is 10.3 Å². The average Bonchev–Trinajstić information content (AvgIpc) is 3.10. The van der Waals surface area contributed by atoms with Crippen molar-refractivity contribution in [1.29, 1.82) is 0 Å². The molecule has 2 aromatic rings. The van der Waals surface area contributed by atoms with Crippen LogP contribution in [0.1, 0.15) is 12.8 Å². The van der Waals surface area contributed by atoms with E-state index in [-0.39, 0.29) is 11.2 Å². The summed E-state index contributed by atoms with van der Waals surface area (Å²) >= 11 is 5.10. The van der Waals surface area contributed by atoms with Crippen molar-refractivity contribution in [2.24, 2.45) is 20.0 Å². The fourth-order valence-electron chi connectivity index (χ4n) is 2.20. The predicted octanol–water partition coefficient (Wildman–Crippen LogP) is 0.506. The summed E-state index contributed by atoms with van der Waals surface area (Å²) in [4.78, 5) is 27.4. The monoisotopic (exact) mass is 266 g/mol. The molecule has 2 heterocycles. The second kappa shape index (κ2) is 3.68. The Kier molecular flexibility index (Phi) is 2.34. The van der Waals surface area contributed by atoms with Gasteiger partial charge < -0.3 is 9.55 Å². The lowest BCUT2D eigenvalue weighted by atomic mass is 10.4. The number of nitrogens with zero attached hydrogens (tertiary/aromatic N) is 3. The van der Waals surface area contributed by atoms with Crippen molar-refractivity contribution in [2.45, 2.75) is 19.4 Å². The highest BCUT2D eigenvalue weighted by atomic mass is 32.1. The number of hydrogen-bond donors (Lipinski definition) is 1. The first-order chi connectivity index (χ1) is 8.50. The summed E-state index contributed by atoms with van der Waals surface area (Å²) in [5.74, 6) is 0.472. The number of rotatable bonds is 2. The molecule has 0 saturated heterocycles. The molecule has 0 radical (unpaired) electrons. The lowest BCUT2D eigenvalue weighted by Crippen LogP contribution is -2.40. The molecule has 96 valence electrons. The first-order valence-corrected chi connectivity index (χ1v) is 6.30. The Morgan fingerprint density at radius 1 is 1.28 bits per heavy atom. The Labute approximate surface area is 107 Å². The fourth-order valence-corrected chi connectivity index (χ4v) is 2.39. The Morgan fingerprint density at radius 3 is 2.56 bits per heavy atom. The third-order valence-electron chi connectivity index (χ3n) is 3.53. The van der Waals surface area contributed by atoms with Gasteiger partial charge in [-0.15, -0.1) is 0 Å². The molecule has 1 fully saturated rings. The van der Waals surface area contributed by atoms with Gasteiger partial charge in [0, 0.05) is 20.6 Å². The van der Waals surface area contributed by atoms with Crippen molar-refractivity contribution < 1.29 is 0 Å². The minimum absolute atomic E-state index is 0.255. The minimum atomic E-state index is -0.281. The van der Waals surface area contributed by atoms with E-state index in [9.17, 15) is 9.59 Å². The van der Waals surface area contributed by atoms with Crippen LogP contribution in [0.3, 0.4) is 0 Å². The highest BCUT2D eigenvalue weighted by molar-refractivity contribution is 7.71. The number of imidazole rings is 1. The number of nitrogens with one attached hydrogen (secondary N) is 1. The molecule has 0 spiro atoms. The van der Waals surface area contributed by atoms with Gasteiger partial charge >= 0.3 is 5.69 Å². The number of aromatic amines is 1. The Bertz CT molecular complexity index is 803. The van der Waals surface area contributed by atoms with Gasteiger partial charge in [-0.1, -0.05) is 0 Å². The number of fused-ring (bicyclic) bond motifs is 1. The smallest absolute Gasteiger partial charge is 0.316 e. The van der Waals surface area contributed by atoms with Gasteiger partial charge in [0.25, 0.3) is 5.56 Å². The molecule has 1 saturated carbocycles. The van der Waals surface area contributed by atoms with Crippen molar-refractivity contribution in [1.82, 2.24) is 18.7 Å². The van der Waals surface area contributed by atoms with Crippen LogP contribution in [-0.2, 0) is 20.6 Å². The lowest BCUT2D eigenvalue weighted by Gasteiger charge is -2.07. The van der Waals surface area contributed by atoms with Gasteiger partial charge in [-0.3, -0.25) is 13.9 Å². The van der Waals surface area contributed by atoms with Crippen LogP contribution in [0.2, 0.25) is 0 Å². The topological polar surface area (TPSA) is 64.7 Å². The van der Waals surface area contributed by atoms with Crippen LogP contribution in [-0.4, -0.2) is 18.7 Å². The molecule has 1 aliphatic rings. The Hall–Kier alpha value is -1.63. The second-order valence-corrected chi connectivity index (χ2v) is 5.27. The van der Waals surface area contributed by atoms with Crippen molar-refractivity contribution in [3.63, 3.8) is 0 Å². The summed E-state index contributed by atoms with van der Waals surface area (Å²) in [7, 11) is 3.38. The molecule has 1 N–H and O–H groups in total. The van der Waals surface area contributed by atoms with Crippen LogP contribution in [0, 0.1) is 10.7 Å². The molecule has 0 aromatic carbocycles. The SMILES string of the molecule is Cn1c(=O)n(CC2CC2)c(=O)c2c1[nH]c(=S)n2C. The van der Waals surface area contributed by atoms with Crippen LogP contribution < -0.4 is 11.2 Å². The number of aryl methyl sites for hydroxylation is 2. The van der Waals surface area contributed by atoms with Gasteiger partial charge in [-0.25, -0.2) is 4.79 Å². The molecule has 0 atom stereocenters. The van der Waals surface area contributed by atoms with Gasteiger partial charge in [0.2, 0.25) is 0 Å². The largest absolute Gasteiger partial charge is 0.332 e. The third kappa shape index (κ3) is 1.50. The molecule has 0 unspecified atom stereocenters. The molecular formula is C11H14N4O2S. The standard InChI is InChI=1S/C11H14N4O2S/c1-13-7-8(12-10(13)18)14(2)11(17)15(9(7)16)5-6-3-4-6/h6H,3-5H2,1-2H3,(H,12,18). The highest BCUT2D eigenvalue weighted by Crippen LogP contribution is 2.29. The highest BCUT2D eigenvalue weighted by Gasteiger charge is 2.25. The van der Waals surface area contributed by atoms with E-state index in [0.717, 1.165) is 12.8 Å². The van der Waals surface area contributed by atoms with Crippen LogP contribution in [0.5, 0.6) is 0 Å². The molecule has 7 heteroatoms. The normalized spacial score (nSPS) is 15.4. The average molecular weight is 266 g/mol. The maximum Gasteiger partial charge on any atom is 0.332 e. The maximum absolute atomic E-state index is 12.4. The van der Waals surface area contributed by atoms with Crippen LogP contribution in [0.25, 0.3) is 11.2 Å². The Balaban J connectivity index is 2.43. The van der Waals surface area contributed by atoms with E-state index in [1.54, 1.807) is 18.7 Å². The zero-order chi connectivity index (χ0) is 13.0. The van der Waals surface area contributed by atoms with Crippen molar-refractivity contribution in [3.05, 3.63) is 25.6 Å². The van der Waals surface area contributed by atoms with E-state index in [2.05, 4.69) is 4.98 Å². The molecule has 6 nitrogen and oxygen atoms in total. The summed E-state index contributed by atoms with van der Waals surface area (Å²) in [6, 6.07) is 0. The van der Waals surface area contributed by atoms with E-state index >= 15 is 0 Å². The van der Waals surface area contributed by atoms with Crippen molar-refractivity contribution >= 4 is 23.4 Å². The molecule has 0 amide bonds. The molecule has 3 rings (SSSR count). The zero-order valence-electron chi connectivity index (χ0n) is 10.3. The number of aromatic nitrogens is 4. The number of hydrogen-bond acceptors (Lipinski definition) is 3. The van der Waals surface area contributed by atoms with Gasteiger partial charge in [0.05, 0.1) is 0 Å². The van der Waals surface area contributed by atoms with E-state index in [0.29, 0.717) is 28.4 Å². The van der Waals surface area contributed by atoms with Gasteiger partial charge in [-0.2, -0.15) is 0 Å². The van der Waals surface area contributed by atoms with E-state index in [1.807, 2.05) is 0 Å². The minimum Gasteiger partial charge on any atom is -0.316 e. The van der Waals surface area contributed by atoms with Gasteiger partial charge in [0.1, 0.15) is 5.65 Å². The first kappa shape index (κ1) is 11.5. The first-order valence-electron chi connectivity index (χ1n) is 5.89. The van der Waals surface area contributed by atoms with Crippen molar-refractivity contribution in [2.75, 3.05) is 0 Å². The second-order valence-electron chi connectivity index (χ2n) is 4.89. The maximum atomic E-state index is 12.4. The van der Waals surface area contributed by atoms with Crippen LogP contribution >= 0.6 is 12.2 Å². The summed E-state index contributed by atoms with van der Waals surface area (Å²) in [5.41, 5.74) is 0.415. The quantitative estimate of drug-likeness (QED) is 0.805. The fraction of sp³-hybridized carbons (Fsp3) is 0.545. The summed E-state index contributed by atoms with van der Waals surface area (Å²) in [6.45, 7) is 0.513. The lowest BCUT2D eigenvalue weighted by molar-refractivity contribution is 0.557.